The molecule has 0 radical (unpaired) electrons. The lowest BCUT2D eigenvalue weighted by molar-refractivity contribution is 0.101. The van der Waals surface area contributed by atoms with Crippen LogP contribution in [0, 0.1) is 20.8 Å². The summed E-state index contributed by atoms with van der Waals surface area (Å²) in [5, 5.41) is 1.89. The van der Waals surface area contributed by atoms with Gasteiger partial charge >= 0.3 is 0 Å². The van der Waals surface area contributed by atoms with Gasteiger partial charge in [0.25, 0.3) is 0 Å². The zero-order chi connectivity index (χ0) is 26.4. The van der Waals surface area contributed by atoms with Crippen molar-refractivity contribution < 1.29 is 14.4 Å². The standard InChI is InChI=1S/C33H29NO3/c1-6-34-28-14-12-24(22(5)35)17-26(28)27-18-25(13-15-29(27)34)33(37)31-20(3)16-19(2)30(21(31)4)32(36)23-10-8-7-9-11-23/h7-18H,6H2,1-5H3. The van der Waals surface area contributed by atoms with Gasteiger partial charge < -0.3 is 4.57 Å². The minimum absolute atomic E-state index is 0.00745. The third-order valence-corrected chi connectivity index (χ3v) is 7.31. The molecule has 4 nitrogen and oxygen atoms in total. The Bertz CT molecular complexity index is 1740. The van der Waals surface area contributed by atoms with Gasteiger partial charge in [0, 0.05) is 56.2 Å². The number of hydrogen-bond donors (Lipinski definition) is 0. The first-order valence-electron chi connectivity index (χ1n) is 12.5. The van der Waals surface area contributed by atoms with Crippen LogP contribution in [0.25, 0.3) is 21.8 Å². The number of Topliss-reactive ketones (excluding diaryl/α,β-unsaturated/α-hetero) is 1. The molecule has 0 unspecified atom stereocenters. The monoisotopic (exact) mass is 487 g/mol. The molecule has 37 heavy (non-hydrogen) atoms. The molecule has 0 bridgehead atoms. The van der Waals surface area contributed by atoms with Crippen LogP contribution in [0.3, 0.4) is 0 Å². The molecule has 0 saturated heterocycles. The number of hydrogen-bond acceptors (Lipinski definition) is 3. The predicted octanol–water partition coefficient (Wildman–Crippen LogP) is 7.40. The van der Waals surface area contributed by atoms with Gasteiger partial charge in [-0.2, -0.15) is 0 Å². The van der Waals surface area contributed by atoms with Crippen molar-refractivity contribution in [1.82, 2.24) is 4.57 Å². The van der Waals surface area contributed by atoms with Crippen LogP contribution in [0.5, 0.6) is 0 Å². The van der Waals surface area contributed by atoms with E-state index in [0.717, 1.165) is 39.5 Å². The van der Waals surface area contributed by atoms with Crippen molar-refractivity contribution in [3.05, 3.63) is 117 Å². The number of aromatic nitrogens is 1. The number of carbonyl (C=O) groups excluding carboxylic acids is 3. The minimum atomic E-state index is -0.112. The molecule has 0 spiro atoms. The van der Waals surface area contributed by atoms with Gasteiger partial charge in [-0.25, -0.2) is 0 Å². The summed E-state index contributed by atoms with van der Waals surface area (Å²) in [5.74, 6) is -0.185. The zero-order valence-electron chi connectivity index (χ0n) is 21.8. The second-order valence-electron chi connectivity index (χ2n) is 9.67. The van der Waals surface area contributed by atoms with Crippen LogP contribution in [0.2, 0.25) is 0 Å². The fraction of sp³-hybridized carbons (Fsp3) is 0.182. The predicted molar refractivity (Wildman–Crippen MR) is 149 cm³/mol. The first kappa shape index (κ1) is 24.4. The summed E-state index contributed by atoms with van der Waals surface area (Å²) >= 11 is 0. The van der Waals surface area contributed by atoms with Crippen LogP contribution in [0.15, 0.2) is 72.8 Å². The van der Waals surface area contributed by atoms with Crippen molar-refractivity contribution in [1.29, 1.82) is 0 Å². The summed E-state index contributed by atoms with van der Waals surface area (Å²) in [6.45, 7) is 10.1. The fourth-order valence-electron chi connectivity index (χ4n) is 5.57. The molecular formula is C33H29NO3. The number of carbonyl (C=O) groups is 3. The number of fused-ring (bicyclic) bond motifs is 3. The van der Waals surface area contributed by atoms with Crippen LogP contribution in [0.1, 0.15) is 72.7 Å². The maximum atomic E-state index is 14.0. The molecule has 0 fully saturated rings. The largest absolute Gasteiger partial charge is 0.341 e. The van der Waals surface area contributed by atoms with Crippen LogP contribution in [0.4, 0.5) is 0 Å². The molecule has 0 aliphatic heterocycles. The average Bonchev–Trinajstić information content (AvgIpc) is 3.20. The summed E-state index contributed by atoms with van der Waals surface area (Å²) in [6, 6.07) is 22.6. The van der Waals surface area contributed by atoms with Crippen LogP contribution < -0.4 is 0 Å². The maximum Gasteiger partial charge on any atom is 0.193 e. The number of benzene rings is 4. The molecule has 0 aliphatic carbocycles. The van der Waals surface area contributed by atoms with Crippen molar-refractivity contribution in [2.45, 2.75) is 41.2 Å². The molecular weight excluding hydrogens is 458 g/mol. The Balaban J connectivity index is 1.68. The summed E-state index contributed by atoms with van der Waals surface area (Å²) in [4.78, 5) is 39.4. The topological polar surface area (TPSA) is 56.1 Å². The number of rotatable bonds is 6. The van der Waals surface area contributed by atoms with Gasteiger partial charge in [0.15, 0.2) is 17.3 Å². The van der Waals surface area contributed by atoms with Crippen LogP contribution in [-0.4, -0.2) is 21.9 Å². The number of ketones is 3. The fourth-order valence-corrected chi connectivity index (χ4v) is 5.57. The van der Waals surface area contributed by atoms with E-state index in [1.54, 1.807) is 19.1 Å². The highest BCUT2D eigenvalue weighted by molar-refractivity contribution is 6.18. The van der Waals surface area contributed by atoms with E-state index in [-0.39, 0.29) is 17.3 Å². The lowest BCUT2D eigenvalue weighted by atomic mass is 9.86. The van der Waals surface area contributed by atoms with E-state index < -0.39 is 0 Å². The van der Waals surface area contributed by atoms with E-state index in [1.807, 2.05) is 81.4 Å². The second kappa shape index (κ2) is 9.29. The second-order valence-corrected chi connectivity index (χ2v) is 9.67. The molecule has 5 aromatic rings. The average molecular weight is 488 g/mol. The normalized spacial score (nSPS) is 11.3. The Morgan fingerprint density at radius 1 is 0.649 bits per heavy atom. The van der Waals surface area contributed by atoms with E-state index >= 15 is 0 Å². The molecule has 0 aliphatic rings. The molecule has 4 aromatic carbocycles. The quantitative estimate of drug-likeness (QED) is 0.234. The van der Waals surface area contributed by atoms with E-state index in [1.165, 1.54) is 0 Å². The summed E-state index contributed by atoms with van der Waals surface area (Å²) < 4.78 is 2.20. The first-order valence-corrected chi connectivity index (χ1v) is 12.5. The van der Waals surface area contributed by atoms with Gasteiger partial charge in [0.2, 0.25) is 0 Å². The molecule has 5 rings (SSSR count). The van der Waals surface area contributed by atoms with Gasteiger partial charge in [-0.1, -0.05) is 36.4 Å². The van der Waals surface area contributed by atoms with Gasteiger partial charge in [0.05, 0.1) is 0 Å². The molecule has 0 atom stereocenters. The van der Waals surface area contributed by atoms with Gasteiger partial charge in [-0.05, 0) is 87.7 Å². The highest BCUT2D eigenvalue weighted by Gasteiger charge is 2.23. The summed E-state index contributed by atoms with van der Waals surface area (Å²) in [6.07, 6.45) is 0. The smallest absolute Gasteiger partial charge is 0.193 e. The third-order valence-electron chi connectivity index (χ3n) is 7.31. The molecule has 4 heteroatoms. The van der Waals surface area contributed by atoms with Crippen molar-refractivity contribution in [2.75, 3.05) is 0 Å². The summed E-state index contributed by atoms with van der Waals surface area (Å²) in [5.41, 5.74) is 7.41. The molecule has 0 N–H and O–H groups in total. The van der Waals surface area contributed by atoms with Gasteiger partial charge in [0.1, 0.15) is 0 Å². The molecule has 184 valence electrons. The van der Waals surface area contributed by atoms with Crippen molar-refractivity contribution in [3.8, 4) is 0 Å². The Morgan fingerprint density at radius 2 is 1.16 bits per heavy atom. The van der Waals surface area contributed by atoms with Crippen LogP contribution in [-0.2, 0) is 6.54 Å². The molecule has 1 heterocycles. The molecule has 1 aromatic heterocycles. The van der Waals surface area contributed by atoms with Crippen molar-refractivity contribution >= 4 is 39.2 Å². The van der Waals surface area contributed by atoms with Crippen molar-refractivity contribution in [2.24, 2.45) is 0 Å². The lowest BCUT2D eigenvalue weighted by Gasteiger charge is -2.16. The number of aryl methyl sites for hydroxylation is 3. The van der Waals surface area contributed by atoms with Gasteiger partial charge in [-0.3, -0.25) is 14.4 Å². The van der Waals surface area contributed by atoms with Crippen molar-refractivity contribution in [3.63, 3.8) is 0 Å². The third kappa shape index (κ3) is 3.99. The van der Waals surface area contributed by atoms with E-state index in [2.05, 4.69) is 11.5 Å². The van der Waals surface area contributed by atoms with E-state index in [9.17, 15) is 14.4 Å². The van der Waals surface area contributed by atoms with Crippen LogP contribution >= 0.6 is 0 Å². The first-order chi connectivity index (χ1) is 17.7. The zero-order valence-corrected chi connectivity index (χ0v) is 21.8. The summed E-state index contributed by atoms with van der Waals surface area (Å²) in [7, 11) is 0. The molecule has 0 amide bonds. The SMILES string of the molecule is CCn1c2ccc(C(C)=O)cc2c2cc(C(=O)c3c(C)cc(C)c(C(=O)c4ccccc4)c3C)ccc21. The Labute approximate surface area is 216 Å². The number of nitrogens with zero attached hydrogens (tertiary/aromatic N) is 1. The lowest BCUT2D eigenvalue weighted by Crippen LogP contribution is -2.14. The highest BCUT2D eigenvalue weighted by Crippen LogP contribution is 2.33. The molecule has 0 saturated carbocycles. The Morgan fingerprint density at radius 3 is 1.70 bits per heavy atom. The highest BCUT2D eigenvalue weighted by atomic mass is 16.1. The van der Waals surface area contributed by atoms with E-state index in [0.29, 0.717) is 33.4 Å². The van der Waals surface area contributed by atoms with Gasteiger partial charge in [-0.15, -0.1) is 0 Å². The Hall–Kier alpha value is -4.31. The minimum Gasteiger partial charge on any atom is -0.341 e. The van der Waals surface area contributed by atoms with E-state index in [4.69, 9.17) is 0 Å². The maximum absolute atomic E-state index is 14.0. The Kier molecular flexibility index (Phi) is 6.12.